The summed E-state index contributed by atoms with van der Waals surface area (Å²) in [6, 6.07) is 11.0. The van der Waals surface area contributed by atoms with Gasteiger partial charge in [0.1, 0.15) is 16.4 Å². The van der Waals surface area contributed by atoms with Gasteiger partial charge < -0.3 is 13.4 Å². The lowest BCUT2D eigenvalue weighted by Gasteiger charge is -2.11. The van der Waals surface area contributed by atoms with Crippen LogP contribution in [0.15, 0.2) is 56.4 Å². The van der Waals surface area contributed by atoms with Crippen molar-refractivity contribution in [1.29, 1.82) is 0 Å². The van der Waals surface area contributed by atoms with Crippen LogP contribution in [0.25, 0.3) is 11.4 Å². The molecule has 0 aliphatic heterocycles. The fourth-order valence-corrected chi connectivity index (χ4v) is 3.73. The minimum absolute atomic E-state index is 0.0674. The molecule has 0 spiro atoms. The molecule has 0 saturated carbocycles. The number of benzene rings is 2. The van der Waals surface area contributed by atoms with Crippen LogP contribution < -0.4 is 8.92 Å². The van der Waals surface area contributed by atoms with Gasteiger partial charge in [-0.3, -0.25) is 0 Å². The summed E-state index contributed by atoms with van der Waals surface area (Å²) in [7, 11) is -2.66. The molecule has 0 aliphatic rings. The van der Waals surface area contributed by atoms with Gasteiger partial charge >= 0.3 is 10.1 Å². The molecule has 1 heterocycles. The highest BCUT2D eigenvalue weighted by Crippen LogP contribution is 2.30. The molecule has 0 aliphatic carbocycles. The first-order chi connectivity index (χ1) is 11.9. The van der Waals surface area contributed by atoms with Gasteiger partial charge in [-0.15, -0.1) is 0 Å². The summed E-state index contributed by atoms with van der Waals surface area (Å²) in [6.07, 6.45) is 0. The molecule has 2 aromatic carbocycles. The standard InChI is InChI=1S/C16H13BrN2O5S/c1-10-18-16(19-23-10)11-3-6-13(7-4-11)24-25(20,21)15-9-12(17)5-8-14(15)22-2/h3-9H,1-2H3. The van der Waals surface area contributed by atoms with Gasteiger partial charge in [-0.1, -0.05) is 21.1 Å². The third-order valence-corrected chi connectivity index (χ3v) is 5.00. The third kappa shape index (κ3) is 3.83. The third-order valence-electron chi connectivity index (χ3n) is 3.24. The molecule has 3 aromatic rings. The lowest BCUT2D eigenvalue weighted by molar-refractivity contribution is 0.394. The Balaban J connectivity index is 1.87. The van der Waals surface area contributed by atoms with Crippen molar-refractivity contribution in [3.05, 3.63) is 52.8 Å². The fraction of sp³-hybridized carbons (Fsp3) is 0.125. The highest BCUT2D eigenvalue weighted by molar-refractivity contribution is 9.10. The molecular weight excluding hydrogens is 412 g/mol. The molecule has 0 unspecified atom stereocenters. The number of ether oxygens (including phenoxy) is 1. The van der Waals surface area contributed by atoms with E-state index in [-0.39, 0.29) is 16.4 Å². The summed E-state index contributed by atoms with van der Waals surface area (Å²) < 4.78 is 40.9. The molecule has 0 radical (unpaired) electrons. The SMILES string of the molecule is COc1ccc(Br)cc1S(=O)(=O)Oc1ccc(-c2noc(C)n2)cc1. The zero-order valence-corrected chi connectivity index (χ0v) is 15.7. The van der Waals surface area contributed by atoms with Crippen LogP contribution in [0.3, 0.4) is 0 Å². The molecule has 1 aromatic heterocycles. The van der Waals surface area contributed by atoms with E-state index in [1.54, 1.807) is 31.2 Å². The maximum Gasteiger partial charge on any atom is 0.342 e. The number of halogens is 1. The predicted molar refractivity (Wildman–Crippen MR) is 93.0 cm³/mol. The van der Waals surface area contributed by atoms with Crippen molar-refractivity contribution < 1.29 is 21.9 Å². The lowest BCUT2D eigenvalue weighted by Crippen LogP contribution is -2.11. The first-order valence-corrected chi connectivity index (χ1v) is 9.28. The van der Waals surface area contributed by atoms with E-state index in [9.17, 15) is 8.42 Å². The molecule has 0 saturated heterocycles. The van der Waals surface area contributed by atoms with Crippen molar-refractivity contribution in [1.82, 2.24) is 10.1 Å². The quantitative estimate of drug-likeness (QED) is 0.577. The van der Waals surface area contributed by atoms with Crippen molar-refractivity contribution in [3.8, 4) is 22.9 Å². The van der Waals surface area contributed by atoms with Gasteiger partial charge in [-0.05, 0) is 42.5 Å². The van der Waals surface area contributed by atoms with Crippen LogP contribution in [0.2, 0.25) is 0 Å². The minimum Gasteiger partial charge on any atom is -0.495 e. The molecule has 25 heavy (non-hydrogen) atoms. The maximum absolute atomic E-state index is 12.5. The smallest absolute Gasteiger partial charge is 0.342 e. The summed E-state index contributed by atoms with van der Waals surface area (Å²) in [5, 5.41) is 3.80. The minimum atomic E-state index is -4.06. The van der Waals surface area contributed by atoms with Crippen molar-refractivity contribution >= 4 is 26.0 Å². The largest absolute Gasteiger partial charge is 0.495 e. The summed E-state index contributed by atoms with van der Waals surface area (Å²) >= 11 is 3.24. The second kappa shape index (κ2) is 6.85. The number of nitrogens with zero attached hydrogens (tertiary/aromatic N) is 2. The van der Waals surface area contributed by atoms with E-state index in [1.807, 2.05) is 0 Å². The summed E-state index contributed by atoms with van der Waals surface area (Å²) in [4.78, 5) is 4.04. The number of hydrogen-bond donors (Lipinski definition) is 0. The lowest BCUT2D eigenvalue weighted by atomic mass is 10.2. The van der Waals surface area contributed by atoms with E-state index in [4.69, 9.17) is 13.4 Å². The van der Waals surface area contributed by atoms with Crippen LogP contribution in [0.4, 0.5) is 0 Å². The van der Waals surface area contributed by atoms with Gasteiger partial charge in [0.05, 0.1) is 7.11 Å². The van der Waals surface area contributed by atoms with Crippen molar-refractivity contribution in [2.75, 3.05) is 7.11 Å². The Labute approximate surface area is 152 Å². The number of aromatic nitrogens is 2. The number of hydrogen-bond acceptors (Lipinski definition) is 7. The monoisotopic (exact) mass is 424 g/mol. The van der Waals surface area contributed by atoms with Crippen LogP contribution in [0, 0.1) is 6.92 Å². The highest BCUT2D eigenvalue weighted by atomic mass is 79.9. The summed E-state index contributed by atoms with van der Waals surface area (Å²) in [5.41, 5.74) is 0.682. The molecule has 0 atom stereocenters. The molecule has 0 fully saturated rings. The van der Waals surface area contributed by atoms with Crippen LogP contribution >= 0.6 is 15.9 Å². The number of rotatable bonds is 5. The van der Waals surface area contributed by atoms with E-state index in [1.165, 1.54) is 25.3 Å². The van der Waals surface area contributed by atoms with Crippen molar-refractivity contribution in [3.63, 3.8) is 0 Å². The van der Waals surface area contributed by atoms with E-state index in [0.29, 0.717) is 21.8 Å². The Morgan fingerprint density at radius 2 is 1.84 bits per heavy atom. The molecule has 7 nitrogen and oxygen atoms in total. The average Bonchev–Trinajstić information content (AvgIpc) is 3.01. The average molecular weight is 425 g/mol. The zero-order valence-electron chi connectivity index (χ0n) is 13.3. The van der Waals surface area contributed by atoms with Gasteiger partial charge in [-0.25, -0.2) is 0 Å². The Bertz CT molecular complexity index is 1000. The van der Waals surface area contributed by atoms with Crippen LogP contribution in [0.5, 0.6) is 11.5 Å². The topological polar surface area (TPSA) is 91.5 Å². The Morgan fingerprint density at radius 1 is 1.12 bits per heavy atom. The van der Waals surface area contributed by atoms with E-state index < -0.39 is 10.1 Å². The van der Waals surface area contributed by atoms with Gasteiger partial charge in [0.15, 0.2) is 0 Å². The van der Waals surface area contributed by atoms with Gasteiger partial charge in [0.2, 0.25) is 11.7 Å². The molecule has 0 bridgehead atoms. The molecule has 9 heteroatoms. The first kappa shape index (κ1) is 17.4. The van der Waals surface area contributed by atoms with Gasteiger partial charge in [0, 0.05) is 17.0 Å². The van der Waals surface area contributed by atoms with Gasteiger partial charge in [0.25, 0.3) is 0 Å². The highest BCUT2D eigenvalue weighted by Gasteiger charge is 2.22. The number of aryl methyl sites for hydroxylation is 1. The summed E-state index contributed by atoms with van der Waals surface area (Å²) in [6.45, 7) is 1.69. The normalized spacial score (nSPS) is 11.3. The van der Waals surface area contributed by atoms with E-state index in [2.05, 4.69) is 26.1 Å². The molecule has 130 valence electrons. The second-order valence-corrected chi connectivity index (χ2v) is 7.42. The fourth-order valence-electron chi connectivity index (χ4n) is 2.09. The molecule has 0 amide bonds. The van der Waals surface area contributed by atoms with Crippen molar-refractivity contribution in [2.45, 2.75) is 11.8 Å². The van der Waals surface area contributed by atoms with Crippen molar-refractivity contribution in [2.24, 2.45) is 0 Å². The van der Waals surface area contributed by atoms with E-state index >= 15 is 0 Å². The molecule has 3 rings (SSSR count). The second-order valence-electron chi connectivity index (χ2n) is 4.99. The summed E-state index contributed by atoms with van der Waals surface area (Å²) in [5.74, 6) is 1.22. The Morgan fingerprint density at radius 3 is 2.44 bits per heavy atom. The van der Waals surface area contributed by atoms with Crippen LogP contribution in [-0.2, 0) is 10.1 Å². The Kier molecular flexibility index (Phi) is 4.78. The molecular formula is C16H13BrN2O5S. The predicted octanol–water partition coefficient (Wildman–Crippen LogP) is 3.58. The first-order valence-electron chi connectivity index (χ1n) is 7.08. The number of methoxy groups -OCH3 is 1. The zero-order chi connectivity index (χ0) is 18.0. The maximum atomic E-state index is 12.5. The van der Waals surface area contributed by atoms with Crippen LogP contribution in [0.1, 0.15) is 5.89 Å². The van der Waals surface area contributed by atoms with Gasteiger partial charge in [-0.2, -0.15) is 13.4 Å². The van der Waals surface area contributed by atoms with E-state index in [0.717, 1.165) is 0 Å². The Hall–Kier alpha value is -2.39. The molecule has 0 N–H and O–H groups in total. The van der Waals surface area contributed by atoms with Crippen LogP contribution in [-0.4, -0.2) is 25.7 Å².